The number of carbonyl (C=O) groups excluding carboxylic acids is 1. The molecule has 0 bridgehead atoms. The zero-order valence-electron chi connectivity index (χ0n) is 11.6. The molecule has 1 unspecified atom stereocenters. The standard InChI is InChI=1S/C12H24N4OS/c1-4-10(12(13)18)16-7-5-15(6-8-16)9-11(17)14(2)3/h10H,4-9H2,1-3H3,(H2,13,18). The smallest absolute Gasteiger partial charge is 0.236 e. The molecule has 0 aromatic carbocycles. The van der Waals surface area contributed by atoms with Crippen molar-refractivity contribution >= 4 is 23.1 Å². The van der Waals surface area contributed by atoms with Crippen molar-refractivity contribution in [2.45, 2.75) is 19.4 Å². The van der Waals surface area contributed by atoms with Gasteiger partial charge in [-0.3, -0.25) is 14.6 Å². The Balaban J connectivity index is 2.41. The first-order valence-electron chi connectivity index (χ1n) is 6.41. The number of hydrogen-bond acceptors (Lipinski definition) is 4. The highest BCUT2D eigenvalue weighted by molar-refractivity contribution is 7.80. The van der Waals surface area contributed by atoms with Gasteiger partial charge in [-0.25, -0.2) is 0 Å². The highest BCUT2D eigenvalue weighted by atomic mass is 32.1. The highest BCUT2D eigenvalue weighted by Crippen LogP contribution is 2.09. The van der Waals surface area contributed by atoms with Gasteiger partial charge < -0.3 is 10.6 Å². The van der Waals surface area contributed by atoms with Crippen LogP contribution in [0.1, 0.15) is 13.3 Å². The van der Waals surface area contributed by atoms with Crippen molar-refractivity contribution in [1.82, 2.24) is 14.7 Å². The number of hydrogen-bond donors (Lipinski definition) is 1. The first kappa shape index (κ1) is 15.3. The van der Waals surface area contributed by atoms with Gasteiger partial charge >= 0.3 is 0 Å². The fourth-order valence-corrected chi connectivity index (χ4v) is 2.52. The van der Waals surface area contributed by atoms with Crippen molar-refractivity contribution in [3.05, 3.63) is 0 Å². The number of nitrogens with zero attached hydrogens (tertiary/aromatic N) is 3. The maximum atomic E-state index is 11.6. The van der Waals surface area contributed by atoms with E-state index in [1.165, 1.54) is 0 Å². The van der Waals surface area contributed by atoms with Crippen molar-refractivity contribution in [3.63, 3.8) is 0 Å². The third-order valence-corrected chi connectivity index (χ3v) is 3.69. The highest BCUT2D eigenvalue weighted by Gasteiger charge is 2.25. The zero-order chi connectivity index (χ0) is 13.7. The second-order valence-corrected chi connectivity index (χ2v) is 5.40. The summed E-state index contributed by atoms with van der Waals surface area (Å²) in [6.07, 6.45) is 0.950. The second kappa shape index (κ2) is 7.01. The van der Waals surface area contributed by atoms with Crippen LogP contribution >= 0.6 is 12.2 Å². The number of likely N-dealkylation sites (N-methyl/N-ethyl adjacent to an activating group) is 1. The summed E-state index contributed by atoms with van der Waals surface area (Å²) in [6, 6.07) is 0.201. The Hall–Kier alpha value is -0.720. The van der Waals surface area contributed by atoms with Gasteiger partial charge in [0.15, 0.2) is 0 Å². The second-order valence-electron chi connectivity index (χ2n) is 4.93. The van der Waals surface area contributed by atoms with Crippen LogP contribution in [0.3, 0.4) is 0 Å². The van der Waals surface area contributed by atoms with Crippen molar-refractivity contribution in [1.29, 1.82) is 0 Å². The first-order chi connectivity index (χ1) is 8.45. The van der Waals surface area contributed by atoms with E-state index >= 15 is 0 Å². The molecule has 1 atom stereocenters. The maximum absolute atomic E-state index is 11.6. The Morgan fingerprint density at radius 1 is 1.33 bits per heavy atom. The average molecular weight is 272 g/mol. The molecule has 1 heterocycles. The van der Waals surface area contributed by atoms with Crippen molar-refractivity contribution in [2.24, 2.45) is 5.73 Å². The number of carbonyl (C=O) groups is 1. The van der Waals surface area contributed by atoms with E-state index in [1.807, 2.05) is 0 Å². The van der Waals surface area contributed by atoms with E-state index in [-0.39, 0.29) is 11.9 Å². The van der Waals surface area contributed by atoms with Crippen LogP contribution in [0.25, 0.3) is 0 Å². The molecule has 0 aliphatic carbocycles. The quantitative estimate of drug-likeness (QED) is 0.700. The topological polar surface area (TPSA) is 52.8 Å². The Bertz CT molecular complexity index is 300. The minimum Gasteiger partial charge on any atom is -0.392 e. The predicted molar refractivity (Wildman–Crippen MR) is 77.6 cm³/mol. The SMILES string of the molecule is CCC(C(N)=S)N1CCN(CC(=O)N(C)C)CC1. The molecular formula is C12H24N4OS. The lowest BCUT2D eigenvalue weighted by Crippen LogP contribution is -2.54. The van der Waals surface area contributed by atoms with Crippen LogP contribution in [-0.2, 0) is 4.79 Å². The normalized spacial score (nSPS) is 19.5. The zero-order valence-corrected chi connectivity index (χ0v) is 12.4. The molecule has 18 heavy (non-hydrogen) atoms. The minimum atomic E-state index is 0.157. The lowest BCUT2D eigenvalue weighted by molar-refractivity contribution is -0.130. The molecule has 1 fully saturated rings. The molecule has 1 aliphatic heterocycles. The van der Waals surface area contributed by atoms with Gasteiger partial charge in [-0.15, -0.1) is 0 Å². The van der Waals surface area contributed by atoms with Crippen LogP contribution in [0.2, 0.25) is 0 Å². The van der Waals surface area contributed by atoms with Gasteiger partial charge in [0.05, 0.1) is 17.6 Å². The molecule has 1 aliphatic rings. The summed E-state index contributed by atoms with van der Waals surface area (Å²) in [6.45, 7) is 6.26. The van der Waals surface area contributed by atoms with E-state index in [0.717, 1.165) is 32.6 Å². The van der Waals surface area contributed by atoms with Crippen LogP contribution < -0.4 is 5.73 Å². The number of amides is 1. The van der Waals surface area contributed by atoms with Crippen molar-refractivity contribution in [3.8, 4) is 0 Å². The van der Waals surface area contributed by atoms with Crippen LogP contribution in [-0.4, -0.2) is 78.5 Å². The first-order valence-corrected chi connectivity index (χ1v) is 6.82. The van der Waals surface area contributed by atoms with Gasteiger partial charge in [0.2, 0.25) is 5.91 Å². The molecule has 0 aromatic heterocycles. The summed E-state index contributed by atoms with van der Waals surface area (Å²) in [4.78, 5) is 18.3. The summed E-state index contributed by atoms with van der Waals surface area (Å²) in [5, 5.41) is 0. The largest absolute Gasteiger partial charge is 0.392 e. The van der Waals surface area contributed by atoms with Crippen molar-refractivity contribution < 1.29 is 4.79 Å². The molecule has 0 radical (unpaired) electrons. The molecule has 0 spiro atoms. The lowest BCUT2D eigenvalue weighted by atomic mass is 10.1. The number of thiocarbonyl (C=S) groups is 1. The summed E-state index contributed by atoms with van der Waals surface area (Å²) < 4.78 is 0. The van der Waals surface area contributed by atoms with E-state index in [4.69, 9.17) is 18.0 Å². The molecule has 1 rings (SSSR count). The third-order valence-electron chi connectivity index (χ3n) is 3.42. The molecule has 0 aromatic rings. The molecule has 1 amide bonds. The van der Waals surface area contributed by atoms with Gasteiger partial charge in [0.1, 0.15) is 0 Å². The van der Waals surface area contributed by atoms with Gasteiger partial charge in [0, 0.05) is 40.3 Å². The molecular weight excluding hydrogens is 248 g/mol. The van der Waals surface area contributed by atoms with Gasteiger partial charge in [-0.05, 0) is 6.42 Å². The summed E-state index contributed by atoms with van der Waals surface area (Å²) >= 11 is 5.09. The van der Waals surface area contributed by atoms with Gasteiger partial charge in [0.25, 0.3) is 0 Å². The number of piperazine rings is 1. The molecule has 0 saturated carbocycles. The van der Waals surface area contributed by atoms with E-state index in [1.54, 1.807) is 19.0 Å². The molecule has 6 heteroatoms. The monoisotopic (exact) mass is 272 g/mol. The maximum Gasteiger partial charge on any atom is 0.236 e. The van der Waals surface area contributed by atoms with Crippen LogP contribution in [0, 0.1) is 0 Å². The lowest BCUT2D eigenvalue weighted by Gasteiger charge is -2.38. The fourth-order valence-electron chi connectivity index (χ4n) is 2.21. The Labute approximate surface area is 115 Å². The molecule has 1 saturated heterocycles. The van der Waals surface area contributed by atoms with Crippen molar-refractivity contribution in [2.75, 3.05) is 46.8 Å². The minimum absolute atomic E-state index is 0.157. The van der Waals surface area contributed by atoms with E-state index in [2.05, 4.69) is 16.7 Å². The summed E-state index contributed by atoms with van der Waals surface area (Å²) in [7, 11) is 3.58. The third kappa shape index (κ3) is 4.19. The number of rotatable bonds is 5. The van der Waals surface area contributed by atoms with Gasteiger partial charge in [-0.2, -0.15) is 0 Å². The van der Waals surface area contributed by atoms with E-state index in [0.29, 0.717) is 11.5 Å². The Kier molecular flexibility index (Phi) is 5.98. The fraction of sp³-hybridized carbons (Fsp3) is 0.833. The van der Waals surface area contributed by atoms with E-state index < -0.39 is 0 Å². The summed E-state index contributed by atoms with van der Waals surface area (Å²) in [5.74, 6) is 0.157. The molecule has 104 valence electrons. The Morgan fingerprint density at radius 3 is 2.28 bits per heavy atom. The van der Waals surface area contributed by atoms with Gasteiger partial charge in [-0.1, -0.05) is 19.1 Å². The Morgan fingerprint density at radius 2 is 1.89 bits per heavy atom. The van der Waals surface area contributed by atoms with Crippen LogP contribution in [0.5, 0.6) is 0 Å². The average Bonchev–Trinajstić information content (AvgIpc) is 2.31. The molecule has 2 N–H and O–H groups in total. The van der Waals surface area contributed by atoms with Crippen LogP contribution in [0.4, 0.5) is 0 Å². The van der Waals surface area contributed by atoms with Crippen LogP contribution in [0.15, 0.2) is 0 Å². The van der Waals surface area contributed by atoms with E-state index in [9.17, 15) is 4.79 Å². The number of nitrogens with two attached hydrogens (primary N) is 1. The molecule has 5 nitrogen and oxygen atoms in total. The predicted octanol–water partition coefficient (Wildman–Crippen LogP) is -0.243. The summed E-state index contributed by atoms with van der Waals surface area (Å²) in [5.41, 5.74) is 5.75.